The smallest absolute Gasteiger partial charge is 0.262 e. The molecule has 2 aromatic heterocycles. The fraction of sp³-hybridized carbons (Fsp3) is 0.222. The van der Waals surface area contributed by atoms with Crippen LogP contribution in [0, 0.1) is 19.7 Å². The van der Waals surface area contributed by atoms with Crippen LogP contribution in [0.1, 0.15) is 37.5 Å². The Morgan fingerprint density at radius 1 is 1.33 bits per heavy atom. The number of carbonyl (C=O) groups is 1. The Balaban J connectivity index is 1.98. The Hall–Kier alpha value is -2.47. The highest BCUT2D eigenvalue weighted by Crippen LogP contribution is 2.25. The first-order valence-corrected chi connectivity index (χ1v) is 8.38. The molecular formula is C18H18FN3OS. The zero-order valence-corrected chi connectivity index (χ0v) is 14.5. The van der Waals surface area contributed by atoms with Crippen LogP contribution in [0.15, 0.2) is 42.7 Å². The number of thiophene rings is 1. The summed E-state index contributed by atoms with van der Waals surface area (Å²) < 4.78 is 16.1. The number of imidazole rings is 1. The zero-order chi connectivity index (χ0) is 17.3. The third-order valence-corrected chi connectivity index (χ3v) is 5.15. The number of carbonyl (C=O) groups excluding carboxylic acids is 1. The summed E-state index contributed by atoms with van der Waals surface area (Å²) in [7, 11) is 1.82. The van der Waals surface area contributed by atoms with Gasteiger partial charge in [-0.1, -0.05) is 18.2 Å². The molecule has 0 saturated heterocycles. The van der Waals surface area contributed by atoms with E-state index in [9.17, 15) is 9.18 Å². The molecule has 24 heavy (non-hydrogen) atoms. The highest BCUT2D eigenvalue weighted by atomic mass is 32.1. The summed E-state index contributed by atoms with van der Waals surface area (Å²) >= 11 is 1.43. The lowest BCUT2D eigenvalue weighted by molar-refractivity contribution is 0.0944. The molecule has 6 heteroatoms. The molecule has 1 N–H and O–H groups in total. The number of hydrogen-bond acceptors (Lipinski definition) is 3. The minimum absolute atomic E-state index is 0.229. The van der Waals surface area contributed by atoms with Crippen LogP contribution in [0.4, 0.5) is 4.39 Å². The maximum Gasteiger partial charge on any atom is 0.262 e. The number of aryl methyl sites for hydroxylation is 3. The molecule has 0 aliphatic carbocycles. The molecule has 0 aliphatic heterocycles. The quantitative estimate of drug-likeness (QED) is 0.784. The van der Waals surface area contributed by atoms with Gasteiger partial charge < -0.3 is 9.88 Å². The first-order chi connectivity index (χ1) is 11.5. The lowest BCUT2D eigenvalue weighted by atomic mass is 10.1. The summed E-state index contributed by atoms with van der Waals surface area (Å²) in [6.45, 7) is 3.94. The monoisotopic (exact) mass is 343 g/mol. The molecule has 3 aromatic rings. The fourth-order valence-electron chi connectivity index (χ4n) is 2.53. The Morgan fingerprint density at radius 3 is 2.67 bits per heavy atom. The second kappa shape index (κ2) is 6.57. The van der Waals surface area contributed by atoms with E-state index >= 15 is 0 Å². The van der Waals surface area contributed by atoms with Gasteiger partial charge in [-0.15, -0.1) is 11.3 Å². The van der Waals surface area contributed by atoms with Crippen LogP contribution in [0.2, 0.25) is 0 Å². The first kappa shape index (κ1) is 16.4. The molecule has 2 heterocycles. The van der Waals surface area contributed by atoms with Crippen molar-refractivity contribution in [3.63, 3.8) is 0 Å². The maximum absolute atomic E-state index is 14.3. The summed E-state index contributed by atoms with van der Waals surface area (Å²) in [6, 6.07) is 7.63. The number of aromatic nitrogens is 2. The molecule has 3 rings (SSSR count). The van der Waals surface area contributed by atoms with Crippen molar-refractivity contribution in [1.82, 2.24) is 14.9 Å². The summed E-state index contributed by atoms with van der Waals surface area (Å²) in [5.41, 5.74) is 1.47. The van der Waals surface area contributed by atoms with Crippen LogP contribution in [0.3, 0.4) is 0 Å². The number of hydrogen-bond donors (Lipinski definition) is 1. The maximum atomic E-state index is 14.3. The van der Waals surface area contributed by atoms with Crippen molar-refractivity contribution in [3.8, 4) is 0 Å². The van der Waals surface area contributed by atoms with Gasteiger partial charge in [-0.3, -0.25) is 4.79 Å². The van der Waals surface area contributed by atoms with Crippen molar-refractivity contribution in [1.29, 1.82) is 0 Å². The number of benzene rings is 1. The second-order valence-electron chi connectivity index (χ2n) is 5.67. The molecule has 124 valence electrons. The normalized spacial score (nSPS) is 12.2. The Kier molecular flexibility index (Phi) is 4.49. The van der Waals surface area contributed by atoms with Crippen LogP contribution in [0.5, 0.6) is 0 Å². The van der Waals surface area contributed by atoms with E-state index < -0.39 is 6.04 Å². The van der Waals surface area contributed by atoms with Gasteiger partial charge in [0.25, 0.3) is 5.91 Å². The van der Waals surface area contributed by atoms with E-state index in [-0.39, 0.29) is 11.7 Å². The average molecular weight is 343 g/mol. The molecule has 0 unspecified atom stereocenters. The van der Waals surface area contributed by atoms with Gasteiger partial charge in [0, 0.05) is 29.9 Å². The highest BCUT2D eigenvalue weighted by molar-refractivity contribution is 7.14. The van der Waals surface area contributed by atoms with Gasteiger partial charge in [0.1, 0.15) is 17.7 Å². The molecule has 1 amide bonds. The predicted molar refractivity (Wildman–Crippen MR) is 92.7 cm³/mol. The number of amides is 1. The SMILES string of the molecule is Cc1cc(C(=O)N[C@@H](c2ccccc2F)c2nccn2C)sc1C. The Labute approximate surface area is 144 Å². The molecule has 1 atom stereocenters. The predicted octanol–water partition coefficient (Wildman–Crippen LogP) is 3.76. The number of rotatable bonds is 4. The molecule has 0 bridgehead atoms. The van der Waals surface area contributed by atoms with Crippen molar-refractivity contribution in [2.75, 3.05) is 0 Å². The summed E-state index contributed by atoms with van der Waals surface area (Å²) in [5, 5.41) is 2.92. The van der Waals surface area contributed by atoms with Gasteiger partial charge in [0.2, 0.25) is 0 Å². The summed E-state index contributed by atoms with van der Waals surface area (Å²) in [4.78, 5) is 18.6. The Morgan fingerprint density at radius 2 is 2.08 bits per heavy atom. The highest BCUT2D eigenvalue weighted by Gasteiger charge is 2.24. The van der Waals surface area contributed by atoms with Crippen molar-refractivity contribution >= 4 is 17.2 Å². The molecular weight excluding hydrogens is 325 g/mol. The van der Waals surface area contributed by atoms with E-state index in [1.54, 1.807) is 35.2 Å². The van der Waals surface area contributed by atoms with E-state index in [0.717, 1.165) is 10.4 Å². The number of nitrogens with zero attached hydrogens (tertiary/aromatic N) is 2. The standard InChI is InChI=1S/C18H18FN3OS/c1-11-10-15(24-12(11)2)18(23)21-16(17-20-8-9-22(17)3)13-6-4-5-7-14(13)19/h4-10,16H,1-3H3,(H,21,23)/t16-/m0/s1. The molecule has 0 spiro atoms. The topological polar surface area (TPSA) is 46.9 Å². The molecule has 1 aromatic carbocycles. The van der Waals surface area contributed by atoms with Gasteiger partial charge in [-0.25, -0.2) is 9.37 Å². The number of halogens is 1. The van der Waals surface area contributed by atoms with Crippen LogP contribution in [-0.4, -0.2) is 15.5 Å². The lowest BCUT2D eigenvalue weighted by Gasteiger charge is -2.19. The summed E-state index contributed by atoms with van der Waals surface area (Å²) in [6.07, 6.45) is 3.41. The first-order valence-electron chi connectivity index (χ1n) is 7.57. The largest absolute Gasteiger partial charge is 0.337 e. The van der Waals surface area contributed by atoms with Crippen molar-refractivity contribution in [3.05, 3.63) is 75.2 Å². The number of nitrogens with one attached hydrogen (secondary N) is 1. The van der Waals surface area contributed by atoms with Gasteiger partial charge >= 0.3 is 0 Å². The molecule has 0 radical (unpaired) electrons. The second-order valence-corrected chi connectivity index (χ2v) is 6.93. The van der Waals surface area contributed by atoms with Crippen LogP contribution >= 0.6 is 11.3 Å². The van der Waals surface area contributed by atoms with E-state index in [4.69, 9.17) is 0 Å². The minimum atomic E-state index is -0.651. The zero-order valence-electron chi connectivity index (χ0n) is 13.7. The third kappa shape index (κ3) is 3.10. The van der Waals surface area contributed by atoms with Crippen molar-refractivity contribution in [2.45, 2.75) is 19.9 Å². The van der Waals surface area contributed by atoms with Crippen LogP contribution in [-0.2, 0) is 7.05 Å². The fourth-order valence-corrected chi connectivity index (χ4v) is 3.47. The van der Waals surface area contributed by atoms with E-state index in [1.807, 2.05) is 27.0 Å². The third-order valence-electron chi connectivity index (χ3n) is 4.00. The molecule has 0 aliphatic rings. The van der Waals surface area contributed by atoms with Crippen molar-refractivity contribution < 1.29 is 9.18 Å². The van der Waals surface area contributed by atoms with Crippen LogP contribution in [0.25, 0.3) is 0 Å². The summed E-state index contributed by atoms with van der Waals surface area (Å²) in [5.74, 6) is -0.0183. The van der Waals surface area contributed by atoms with E-state index in [0.29, 0.717) is 16.3 Å². The Bertz CT molecular complexity index is 865. The van der Waals surface area contributed by atoms with Crippen LogP contribution < -0.4 is 5.32 Å². The molecule has 4 nitrogen and oxygen atoms in total. The molecule has 0 fully saturated rings. The van der Waals surface area contributed by atoms with Gasteiger partial charge in [-0.05, 0) is 31.5 Å². The van der Waals surface area contributed by atoms with E-state index in [1.165, 1.54) is 17.4 Å². The van der Waals surface area contributed by atoms with Gasteiger partial charge in [-0.2, -0.15) is 0 Å². The van der Waals surface area contributed by atoms with Gasteiger partial charge in [0.05, 0.1) is 4.88 Å². The van der Waals surface area contributed by atoms with E-state index in [2.05, 4.69) is 10.3 Å². The average Bonchev–Trinajstić information content (AvgIpc) is 3.12. The molecule has 0 saturated carbocycles. The van der Waals surface area contributed by atoms with Gasteiger partial charge in [0.15, 0.2) is 0 Å². The minimum Gasteiger partial charge on any atom is -0.337 e. The van der Waals surface area contributed by atoms with Crippen molar-refractivity contribution in [2.24, 2.45) is 7.05 Å². The lowest BCUT2D eigenvalue weighted by Crippen LogP contribution is -2.31.